The van der Waals surface area contributed by atoms with Crippen LogP contribution in [0.2, 0.25) is 0 Å². The third-order valence-electron chi connectivity index (χ3n) is 4.00. The van der Waals surface area contributed by atoms with Gasteiger partial charge in [-0.25, -0.2) is 0 Å². The second kappa shape index (κ2) is 8.12. The number of anilines is 2. The number of carbonyl (C=O) groups excluding carboxylic acids is 2. The van der Waals surface area contributed by atoms with Gasteiger partial charge in [-0.2, -0.15) is 0 Å². The number of hydrogen-bond donors (Lipinski definition) is 2. The van der Waals surface area contributed by atoms with Crippen LogP contribution in [0.15, 0.2) is 78.9 Å². The summed E-state index contributed by atoms with van der Waals surface area (Å²) in [4.78, 5) is 24.6. The van der Waals surface area contributed by atoms with Gasteiger partial charge in [0.05, 0.1) is 6.42 Å². The average molecular weight is 344 g/mol. The van der Waals surface area contributed by atoms with Crippen LogP contribution in [0.25, 0.3) is 0 Å². The molecule has 4 heteroatoms. The molecule has 2 N–H and O–H groups in total. The highest BCUT2D eigenvalue weighted by molar-refractivity contribution is 6.05. The molecule has 0 spiro atoms. The van der Waals surface area contributed by atoms with Crippen molar-refractivity contribution >= 4 is 23.2 Å². The Labute approximate surface area is 152 Å². The maximum Gasteiger partial charge on any atom is 0.255 e. The van der Waals surface area contributed by atoms with Crippen LogP contribution in [0.3, 0.4) is 0 Å². The van der Waals surface area contributed by atoms with E-state index >= 15 is 0 Å². The Morgan fingerprint density at radius 1 is 0.769 bits per heavy atom. The quantitative estimate of drug-likeness (QED) is 0.719. The molecular formula is C22H20N2O2. The molecule has 0 saturated heterocycles. The largest absolute Gasteiger partial charge is 0.326 e. The van der Waals surface area contributed by atoms with Crippen LogP contribution >= 0.6 is 0 Å². The van der Waals surface area contributed by atoms with Gasteiger partial charge in [-0.1, -0.05) is 54.6 Å². The number of nitrogens with one attached hydrogen (secondary N) is 2. The van der Waals surface area contributed by atoms with E-state index in [1.165, 1.54) is 0 Å². The van der Waals surface area contributed by atoms with Crippen LogP contribution in [0.4, 0.5) is 11.4 Å². The van der Waals surface area contributed by atoms with Gasteiger partial charge in [-0.15, -0.1) is 0 Å². The predicted molar refractivity (Wildman–Crippen MR) is 104 cm³/mol. The SMILES string of the molecule is Cc1ccccc1C(=O)Nc1cccc(NC(=O)Cc2ccccc2)c1. The fourth-order valence-corrected chi connectivity index (χ4v) is 2.69. The summed E-state index contributed by atoms with van der Waals surface area (Å²) in [5, 5.41) is 5.74. The zero-order chi connectivity index (χ0) is 18.4. The van der Waals surface area contributed by atoms with Gasteiger partial charge in [0.1, 0.15) is 0 Å². The van der Waals surface area contributed by atoms with Crippen molar-refractivity contribution in [3.63, 3.8) is 0 Å². The molecule has 2 amide bonds. The Morgan fingerprint density at radius 2 is 1.42 bits per heavy atom. The minimum atomic E-state index is -0.170. The normalized spacial score (nSPS) is 10.2. The van der Waals surface area contributed by atoms with E-state index in [0.29, 0.717) is 23.4 Å². The van der Waals surface area contributed by atoms with Crippen LogP contribution in [0.1, 0.15) is 21.5 Å². The molecule has 0 aliphatic heterocycles. The van der Waals surface area contributed by atoms with E-state index in [-0.39, 0.29) is 11.8 Å². The third-order valence-corrected chi connectivity index (χ3v) is 4.00. The van der Waals surface area contributed by atoms with E-state index in [0.717, 1.165) is 11.1 Å². The summed E-state index contributed by atoms with van der Waals surface area (Å²) in [6.45, 7) is 1.90. The molecule has 0 aliphatic rings. The van der Waals surface area contributed by atoms with Gasteiger partial charge in [0.15, 0.2) is 0 Å². The van der Waals surface area contributed by atoms with Gasteiger partial charge in [-0.05, 0) is 42.3 Å². The minimum Gasteiger partial charge on any atom is -0.326 e. The average Bonchev–Trinajstić information content (AvgIpc) is 2.63. The second-order valence-corrected chi connectivity index (χ2v) is 6.06. The van der Waals surface area contributed by atoms with Crippen LogP contribution in [-0.2, 0) is 11.2 Å². The Balaban J connectivity index is 1.65. The Bertz CT molecular complexity index is 920. The standard InChI is InChI=1S/C22H20N2O2/c1-16-8-5-6-13-20(16)22(26)24-19-12-7-11-18(15-19)23-21(25)14-17-9-3-2-4-10-17/h2-13,15H,14H2,1H3,(H,23,25)(H,24,26). The number of rotatable bonds is 5. The summed E-state index contributed by atoms with van der Waals surface area (Å²) in [5.41, 5.74) is 3.78. The smallest absolute Gasteiger partial charge is 0.255 e. The number of hydrogen-bond acceptors (Lipinski definition) is 2. The second-order valence-electron chi connectivity index (χ2n) is 6.06. The van der Waals surface area contributed by atoms with Crippen molar-refractivity contribution in [1.82, 2.24) is 0 Å². The Hall–Kier alpha value is -3.40. The van der Waals surface area contributed by atoms with Gasteiger partial charge in [0.25, 0.3) is 5.91 Å². The van der Waals surface area contributed by atoms with E-state index in [4.69, 9.17) is 0 Å². The lowest BCUT2D eigenvalue weighted by Crippen LogP contribution is -2.15. The van der Waals surface area contributed by atoms with Crippen LogP contribution < -0.4 is 10.6 Å². The van der Waals surface area contributed by atoms with Crippen molar-refractivity contribution in [3.05, 3.63) is 95.6 Å². The molecule has 0 atom stereocenters. The highest BCUT2D eigenvalue weighted by Gasteiger charge is 2.09. The first-order valence-corrected chi connectivity index (χ1v) is 8.42. The van der Waals surface area contributed by atoms with Gasteiger partial charge >= 0.3 is 0 Å². The van der Waals surface area contributed by atoms with Crippen LogP contribution in [-0.4, -0.2) is 11.8 Å². The summed E-state index contributed by atoms with van der Waals surface area (Å²) in [6.07, 6.45) is 0.306. The highest BCUT2D eigenvalue weighted by atomic mass is 16.2. The van der Waals surface area contributed by atoms with Gasteiger partial charge in [-0.3, -0.25) is 9.59 Å². The first-order valence-electron chi connectivity index (χ1n) is 8.42. The van der Waals surface area contributed by atoms with E-state index in [9.17, 15) is 9.59 Å². The molecule has 0 heterocycles. The molecule has 0 radical (unpaired) electrons. The minimum absolute atomic E-state index is 0.0985. The summed E-state index contributed by atoms with van der Waals surface area (Å²) in [7, 11) is 0. The molecule has 0 fully saturated rings. The number of aryl methyl sites for hydroxylation is 1. The molecule has 130 valence electrons. The summed E-state index contributed by atoms with van der Waals surface area (Å²) < 4.78 is 0. The van der Waals surface area contributed by atoms with Gasteiger partial charge in [0, 0.05) is 16.9 Å². The lowest BCUT2D eigenvalue weighted by molar-refractivity contribution is -0.115. The fourth-order valence-electron chi connectivity index (χ4n) is 2.69. The third kappa shape index (κ3) is 4.57. The Morgan fingerprint density at radius 3 is 2.15 bits per heavy atom. The highest BCUT2D eigenvalue weighted by Crippen LogP contribution is 2.17. The number of carbonyl (C=O) groups is 2. The van der Waals surface area contributed by atoms with E-state index < -0.39 is 0 Å². The molecule has 0 aliphatic carbocycles. The fraction of sp³-hybridized carbons (Fsp3) is 0.0909. The lowest BCUT2D eigenvalue weighted by Gasteiger charge is -2.10. The Kier molecular flexibility index (Phi) is 5.44. The molecule has 3 aromatic rings. The zero-order valence-corrected chi connectivity index (χ0v) is 14.5. The van der Waals surface area contributed by atoms with Crippen LogP contribution in [0.5, 0.6) is 0 Å². The topological polar surface area (TPSA) is 58.2 Å². The predicted octanol–water partition coefficient (Wildman–Crippen LogP) is 4.43. The number of amides is 2. The van der Waals surface area contributed by atoms with E-state index in [2.05, 4.69) is 10.6 Å². The zero-order valence-electron chi connectivity index (χ0n) is 14.5. The molecule has 3 aromatic carbocycles. The molecule has 0 aromatic heterocycles. The molecule has 0 saturated carbocycles. The van der Waals surface area contributed by atoms with Crippen molar-refractivity contribution in [2.45, 2.75) is 13.3 Å². The van der Waals surface area contributed by atoms with Crippen molar-refractivity contribution in [3.8, 4) is 0 Å². The summed E-state index contributed by atoms with van der Waals surface area (Å²) >= 11 is 0. The molecule has 0 bridgehead atoms. The molecular weight excluding hydrogens is 324 g/mol. The first kappa shape index (κ1) is 17.4. The monoisotopic (exact) mass is 344 g/mol. The summed E-state index contributed by atoms with van der Waals surface area (Å²) in [5.74, 6) is -0.269. The van der Waals surface area contributed by atoms with Crippen LogP contribution in [0, 0.1) is 6.92 Å². The molecule has 0 unspecified atom stereocenters. The maximum atomic E-state index is 12.4. The molecule has 4 nitrogen and oxygen atoms in total. The van der Waals surface area contributed by atoms with Gasteiger partial charge in [0.2, 0.25) is 5.91 Å². The van der Waals surface area contributed by atoms with Crippen molar-refractivity contribution in [2.24, 2.45) is 0 Å². The van der Waals surface area contributed by atoms with E-state index in [1.807, 2.05) is 55.5 Å². The molecule has 3 rings (SSSR count). The van der Waals surface area contributed by atoms with Gasteiger partial charge < -0.3 is 10.6 Å². The lowest BCUT2D eigenvalue weighted by atomic mass is 10.1. The first-order chi connectivity index (χ1) is 12.6. The van der Waals surface area contributed by atoms with Crippen molar-refractivity contribution in [2.75, 3.05) is 10.6 Å². The van der Waals surface area contributed by atoms with E-state index in [1.54, 1.807) is 30.3 Å². The molecule has 26 heavy (non-hydrogen) atoms. The maximum absolute atomic E-state index is 12.4. The van der Waals surface area contributed by atoms with Crippen molar-refractivity contribution < 1.29 is 9.59 Å². The van der Waals surface area contributed by atoms with Crippen molar-refractivity contribution in [1.29, 1.82) is 0 Å². The number of benzene rings is 3. The summed E-state index contributed by atoms with van der Waals surface area (Å²) in [6, 6.07) is 24.1.